The number of nitrogens with zero attached hydrogens (tertiary/aromatic N) is 3. The largest absolute Gasteiger partial charge is 0.328 e. The lowest BCUT2D eigenvalue weighted by atomic mass is 10.0. The summed E-state index contributed by atoms with van der Waals surface area (Å²) < 4.78 is 0. The Morgan fingerprint density at radius 2 is 1.92 bits per heavy atom. The minimum atomic E-state index is -0.0608. The van der Waals surface area contributed by atoms with Crippen molar-refractivity contribution in [3.8, 4) is 0 Å². The number of carbonyl (C=O) groups is 1. The minimum Gasteiger partial charge on any atom is -0.328 e. The van der Waals surface area contributed by atoms with Crippen molar-refractivity contribution in [3.63, 3.8) is 0 Å². The minimum absolute atomic E-state index is 0.00965. The molecule has 1 fully saturated rings. The van der Waals surface area contributed by atoms with E-state index in [0.717, 1.165) is 36.1 Å². The smallest absolute Gasteiger partial charge is 0.274 e. The van der Waals surface area contributed by atoms with Gasteiger partial charge in [0.2, 0.25) is 0 Å². The molecule has 3 aromatic rings. The summed E-state index contributed by atoms with van der Waals surface area (Å²) in [5.41, 5.74) is 4.40. The van der Waals surface area contributed by atoms with E-state index in [1.54, 1.807) is 6.20 Å². The fraction of sp³-hybridized carbons (Fsp3) is 0.286. The van der Waals surface area contributed by atoms with Crippen LogP contribution in [-0.2, 0) is 6.42 Å². The molecule has 26 heavy (non-hydrogen) atoms. The fourth-order valence-electron chi connectivity index (χ4n) is 3.43. The van der Waals surface area contributed by atoms with Crippen LogP contribution >= 0.6 is 0 Å². The third kappa shape index (κ3) is 3.18. The summed E-state index contributed by atoms with van der Waals surface area (Å²) in [4.78, 5) is 24.0. The van der Waals surface area contributed by atoms with Gasteiger partial charge in [0.1, 0.15) is 5.69 Å². The summed E-state index contributed by atoms with van der Waals surface area (Å²) in [5.74, 6) is -0.0608. The number of hydrogen-bond acceptors (Lipinski definition) is 4. The van der Waals surface area contributed by atoms with Crippen LogP contribution in [-0.4, -0.2) is 40.4 Å². The number of nitrogens with one attached hydrogen (secondary N) is 1. The molecular weight excluding hydrogens is 324 g/mol. The Labute approximate surface area is 153 Å². The van der Waals surface area contributed by atoms with E-state index in [1.165, 1.54) is 5.56 Å². The number of hydrogen-bond donors (Lipinski definition) is 1. The van der Waals surface area contributed by atoms with E-state index in [0.29, 0.717) is 12.2 Å². The van der Waals surface area contributed by atoms with Gasteiger partial charge in [0.25, 0.3) is 5.91 Å². The van der Waals surface area contributed by atoms with Crippen LogP contribution < -0.4 is 5.32 Å². The summed E-state index contributed by atoms with van der Waals surface area (Å²) in [7, 11) is 0. The number of rotatable bonds is 3. The standard InChI is InChI=1S/C21H22N4O/c1-2-15-7-9-16(10-8-15)20-14-22-11-12-25(20)21(26)19-13-23-17-5-3-4-6-18(17)24-19/h3-10,13,20,22H,2,11-12,14H2,1H3. The van der Waals surface area contributed by atoms with E-state index < -0.39 is 0 Å². The quantitative estimate of drug-likeness (QED) is 0.792. The summed E-state index contributed by atoms with van der Waals surface area (Å²) in [5, 5.41) is 3.40. The van der Waals surface area contributed by atoms with Crippen molar-refractivity contribution in [3.05, 3.63) is 71.5 Å². The highest BCUT2D eigenvalue weighted by Gasteiger charge is 2.29. The van der Waals surface area contributed by atoms with Crippen molar-refractivity contribution >= 4 is 16.9 Å². The monoisotopic (exact) mass is 346 g/mol. The van der Waals surface area contributed by atoms with E-state index >= 15 is 0 Å². The Morgan fingerprint density at radius 3 is 2.69 bits per heavy atom. The van der Waals surface area contributed by atoms with Crippen molar-refractivity contribution in [1.82, 2.24) is 20.2 Å². The Balaban J connectivity index is 1.64. The second kappa shape index (κ2) is 7.22. The molecule has 0 saturated carbocycles. The first-order chi connectivity index (χ1) is 12.8. The van der Waals surface area contributed by atoms with Gasteiger partial charge in [-0.2, -0.15) is 0 Å². The lowest BCUT2D eigenvalue weighted by Gasteiger charge is -2.36. The van der Waals surface area contributed by atoms with Crippen LogP contribution in [0.1, 0.15) is 34.6 Å². The van der Waals surface area contributed by atoms with Crippen LogP contribution in [0.25, 0.3) is 11.0 Å². The van der Waals surface area contributed by atoms with E-state index in [9.17, 15) is 4.79 Å². The Kier molecular flexibility index (Phi) is 4.63. The van der Waals surface area contributed by atoms with Gasteiger partial charge < -0.3 is 10.2 Å². The van der Waals surface area contributed by atoms with Gasteiger partial charge in [-0.1, -0.05) is 43.3 Å². The number of aromatic nitrogens is 2. The molecule has 5 nitrogen and oxygen atoms in total. The molecule has 1 saturated heterocycles. The molecule has 1 aromatic heterocycles. The number of para-hydroxylation sites is 2. The van der Waals surface area contributed by atoms with E-state index in [1.807, 2.05) is 29.2 Å². The summed E-state index contributed by atoms with van der Waals surface area (Å²) in [6.45, 7) is 4.34. The van der Waals surface area contributed by atoms with Gasteiger partial charge in [0.15, 0.2) is 0 Å². The second-order valence-corrected chi connectivity index (χ2v) is 6.56. The van der Waals surface area contributed by atoms with Crippen LogP contribution in [0.4, 0.5) is 0 Å². The average molecular weight is 346 g/mol. The summed E-state index contributed by atoms with van der Waals surface area (Å²) >= 11 is 0. The molecule has 1 aliphatic rings. The van der Waals surface area contributed by atoms with Crippen molar-refractivity contribution in [2.24, 2.45) is 0 Å². The molecule has 0 spiro atoms. The average Bonchev–Trinajstić information content (AvgIpc) is 2.73. The Morgan fingerprint density at radius 1 is 1.15 bits per heavy atom. The predicted octanol–water partition coefficient (Wildman–Crippen LogP) is 2.98. The topological polar surface area (TPSA) is 58.1 Å². The zero-order valence-electron chi connectivity index (χ0n) is 14.9. The van der Waals surface area contributed by atoms with E-state index in [2.05, 4.69) is 46.5 Å². The van der Waals surface area contributed by atoms with Crippen molar-refractivity contribution < 1.29 is 4.79 Å². The lowest BCUT2D eigenvalue weighted by molar-refractivity contribution is 0.0628. The van der Waals surface area contributed by atoms with Gasteiger partial charge in [-0.3, -0.25) is 9.78 Å². The van der Waals surface area contributed by atoms with Crippen LogP contribution in [0, 0.1) is 0 Å². The van der Waals surface area contributed by atoms with Gasteiger partial charge in [-0.25, -0.2) is 4.98 Å². The maximum atomic E-state index is 13.1. The zero-order chi connectivity index (χ0) is 17.9. The molecule has 1 unspecified atom stereocenters. The number of aryl methyl sites for hydroxylation is 1. The summed E-state index contributed by atoms with van der Waals surface area (Å²) in [6.07, 6.45) is 2.60. The molecule has 5 heteroatoms. The molecule has 1 amide bonds. The number of fused-ring (bicyclic) bond motifs is 1. The molecular formula is C21H22N4O. The zero-order valence-corrected chi connectivity index (χ0v) is 14.9. The molecule has 2 heterocycles. The maximum absolute atomic E-state index is 13.1. The third-order valence-corrected chi connectivity index (χ3v) is 4.94. The van der Waals surface area contributed by atoms with E-state index in [4.69, 9.17) is 0 Å². The predicted molar refractivity (Wildman–Crippen MR) is 102 cm³/mol. The highest BCUT2D eigenvalue weighted by Crippen LogP contribution is 2.24. The fourth-order valence-corrected chi connectivity index (χ4v) is 3.43. The molecule has 1 atom stereocenters. The molecule has 1 N–H and O–H groups in total. The number of piperazine rings is 1. The first-order valence-corrected chi connectivity index (χ1v) is 9.08. The van der Waals surface area contributed by atoms with Crippen LogP contribution in [0.5, 0.6) is 0 Å². The van der Waals surface area contributed by atoms with Crippen LogP contribution in [0.15, 0.2) is 54.7 Å². The number of carbonyl (C=O) groups excluding carboxylic acids is 1. The molecule has 4 rings (SSSR count). The number of amides is 1. The Bertz CT molecular complexity index is 923. The van der Waals surface area contributed by atoms with Crippen LogP contribution in [0.3, 0.4) is 0 Å². The molecule has 0 radical (unpaired) electrons. The van der Waals surface area contributed by atoms with Gasteiger partial charge in [-0.15, -0.1) is 0 Å². The molecule has 0 bridgehead atoms. The second-order valence-electron chi connectivity index (χ2n) is 6.56. The van der Waals surface area contributed by atoms with Gasteiger partial charge in [0.05, 0.1) is 23.3 Å². The molecule has 132 valence electrons. The SMILES string of the molecule is CCc1ccc(C2CNCCN2C(=O)c2cnc3ccccc3n2)cc1. The normalized spacial score (nSPS) is 17.4. The highest BCUT2D eigenvalue weighted by atomic mass is 16.2. The van der Waals surface area contributed by atoms with Crippen molar-refractivity contribution in [1.29, 1.82) is 0 Å². The lowest BCUT2D eigenvalue weighted by Crippen LogP contribution is -2.48. The van der Waals surface area contributed by atoms with Gasteiger partial charge in [0, 0.05) is 19.6 Å². The van der Waals surface area contributed by atoms with Crippen molar-refractivity contribution in [2.45, 2.75) is 19.4 Å². The molecule has 0 aliphatic carbocycles. The first kappa shape index (κ1) is 16.7. The van der Waals surface area contributed by atoms with Gasteiger partial charge in [-0.05, 0) is 29.7 Å². The van der Waals surface area contributed by atoms with E-state index in [-0.39, 0.29) is 11.9 Å². The Hall–Kier alpha value is -2.79. The highest BCUT2D eigenvalue weighted by molar-refractivity contribution is 5.94. The summed E-state index contributed by atoms with van der Waals surface area (Å²) in [6, 6.07) is 16.2. The molecule has 1 aliphatic heterocycles. The first-order valence-electron chi connectivity index (χ1n) is 9.08. The van der Waals surface area contributed by atoms with Crippen molar-refractivity contribution in [2.75, 3.05) is 19.6 Å². The van der Waals surface area contributed by atoms with Gasteiger partial charge >= 0.3 is 0 Å². The third-order valence-electron chi connectivity index (χ3n) is 4.94. The molecule has 2 aromatic carbocycles. The number of benzene rings is 2. The maximum Gasteiger partial charge on any atom is 0.274 e. The van der Waals surface area contributed by atoms with Crippen LogP contribution in [0.2, 0.25) is 0 Å².